The fourth-order valence-corrected chi connectivity index (χ4v) is 3.31. The van der Waals surface area contributed by atoms with Gasteiger partial charge in [-0.25, -0.2) is 9.97 Å². The Morgan fingerprint density at radius 1 is 0.446 bits per heavy atom. The van der Waals surface area contributed by atoms with Crippen LogP contribution in [0.4, 0.5) is 0 Å². The van der Waals surface area contributed by atoms with Crippen molar-refractivity contribution in [2.45, 2.75) is 132 Å². The molecule has 13 nitrogen and oxygen atoms in total. The van der Waals surface area contributed by atoms with Crippen molar-refractivity contribution >= 4 is 11.3 Å². The quantitative estimate of drug-likeness (QED) is 0.147. The summed E-state index contributed by atoms with van der Waals surface area (Å²) in [6, 6.07) is 19.7. The molecule has 8 heterocycles. The van der Waals surface area contributed by atoms with Crippen molar-refractivity contribution in [3.05, 3.63) is 164 Å². The molecule has 0 aromatic carbocycles. The van der Waals surface area contributed by atoms with Gasteiger partial charge >= 0.3 is 0 Å². The first kappa shape index (κ1) is 76.4. The van der Waals surface area contributed by atoms with Crippen LogP contribution in [0.5, 0.6) is 0 Å². The number of pyridine rings is 1. The molecule has 0 aliphatic rings. The van der Waals surface area contributed by atoms with Gasteiger partial charge in [-0.15, -0.1) is 21.5 Å². The third kappa shape index (κ3) is 70.0. The van der Waals surface area contributed by atoms with Crippen molar-refractivity contribution in [1.82, 2.24) is 58.4 Å². The molecule has 14 heteroatoms. The van der Waals surface area contributed by atoms with E-state index in [-0.39, 0.29) is 0 Å². The summed E-state index contributed by atoms with van der Waals surface area (Å²) < 4.78 is 13.9. The van der Waals surface area contributed by atoms with Gasteiger partial charge in [0.1, 0.15) is 31.1 Å². The zero-order valence-electron chi connectivity index (χ0n) is 45.5. The molecule has 8 aromatic rings. The van der Waals surface area contributed by atoms with Gasteiger partial charge in [0.25, 0.3) is 0 Å². The van der Waals surface area contributed by atoms with Gasteiger partial charge in [0.2, 0.25) is 0 Å². The van der Waals surface area contributed by atoms with Crippen LogP contribution in [0.15, 0.2) is 152 Å². The second-order valence-corrected chi connectivity index (χ2v) is 11.0. The monoisotopic (exact) mass is 925 g/mol. The molecule has 0 N–H and O–H groups in total. The minimum absolute atomic E-state index is 0.968. The molecule has 8 aromatic heterocycles. The van der Waals surface area contributed by atoms with Gasteiger partial charge in [0, 0.05) is 89.2 Å². The van der Waals surface area contributed by atoms with Crippen LogP contribution in [-0.4, -0.2) is 58.4 Å². The van der Waals surface area contributed by atoms with Gasteiger partial charge in [-0.05, 0) is 74.7 Å². The average molecular weight is 925 g/mol. The molecule has 0 aliphatic heterocycles. The average Bonchev–Trinajstić information content (AvgIpc) is 4.23. The molecule has 0 fully saturated rings. The number of rotatable bonds is 0. The predicted octanol–water partition coefficient (Wildman–Crippen LogP) is 14.7. The summed E-state index contributed by atoms with van der Waals surface area (Å²) >= 11 is 1.78. The maximum Gasteiger partial charge on any atom is 0.137 e. The number of imidazole rings is 1. The number of nitrogens with zero attached hydrogens (tertiary/aromatic N) is 12. The fourth-order valence-electron chi connectivity index (χ4n) is 2.78. The zero-order chi connectivity index (χ0) is 52.0. The van der Waals surface area contributed by atoms with Crippen molar-refractivity contribution in [1.29, 1.82) is 0 Å². The molecular weight excluding hydrogens is 829 g/mol. The van der Waals surface area contributed by atoms with Crippen LogP contribution in [-0.2, 0) is 35.2 Å². The smallest absolute Gasteiger partial charge is 0.137 e. The maximum absolute atomic E-state index is 4.83. The number of furan rings is 1. The molecule has 0 spiro atoms. The Hall–Kier alpha value is -5.89. The van der Waals surface area contributed by atoms with E-state index in [0.29, 0.717) is 0 Å². The summed E-state index contributed by atoms with van der Waals surface area (Å²) in [6.07, 6.45) is 22.9. The number of hydrogen-bond acceptors (Lipinski definition) is 9. The van der Waals surface area contributed by atoms with E-state index >= 15 is 0 Å². The van der Waals surface area contributed by atoms with Crippen LogP contribution in [0.25, 0.3) is 0 Å². The molecule has 65 heavy (non-hydrogen) atoms. The van der Waals surface area contributed by atoms with Crippen molar-refractivity contribution in [3.63, 3.8) is 0 Å². The van der Waals surface area contributed by atoms with Crippen LogP contribution >= 0.6 is 11.3 Å². The molecule has 0 atom stereocenters. The van der Waals surface area contributed by atoms with E-state index in [4.69, 9.17) is 4.42 Å². The van der Waals surface area contributed by atoms with Crippen molar-refractivity contribution in [3.8, 4) is 0 Å². The summed E-state index contributed by atoms with van der Waals surface area (Å²) in [4.78, 5) is 12.8. The number of aryl methyl sites for hydroxylation is 8. The lowest BCUT2D eigenvalue weighted by Gasteiger charge is -1.82. The lowest BCUT2D eigenvalue weighted by Crippen LogP contribution is -1.83. The topological polar surface area (TPSA) is 128 Å². The van der Waals surface area contributed by atoms with Crippen molar-refractivity contribution in [2.24, 2.45) is 35.2 Å². The highest BCUT2D eigenvalue weighted by molar-refractivity contribution is 7.09. The summed E-state index contributed by atoms with van der Waals surface area (Å²) in [5, 5.41) is 16.7. The number of thiophene rings is 1. The second-order valence-electron chi connectivity index (χ2n) is 9.87. The van der Waals surface area contributed by atoms with Gasteiger partial charge in [0.05, 0.1) is 12.6 Å². The van der Waals surface area contributed by atoms with Gasteiger partial charge in [-0.3, -0.25) is 14.3 Å². The van der Waals surface area contributed by atoms with Crippen LogP contribution in [0, 0.1) is 20.8 Å². The van der Waals surface area contributed by atoms with Crippen LogP contribution in [0.2, 0.25) is 0 Å². The Kier molecular flexibility index (Phi) is 85.3. The molecule has 0 amide bonds. The first-order valence-corrected chi connectivity index (χ1v) is 23.9. The zero-order valence-corrected chi connectivity index (χ0v) is 46.4. The summed E-state index contributed by atoms with van der Waals surface area (Å²) in [6.45, 7) is 38.0. The standard InChI is InChI=1S/C6H7N.C5H7N.C5H6O.C5H6S.2C4H6N2.2C3H5N3.8C2H6/c1-6-4-2-3-5-7-6;1-6-4-2-3-5-6;2*1-5-3-2-4-6-5;1-6-3-2-5-4-6;1-6-4-2-3-5-6;1-6-2-4-5-3-6;1-6-3-4-2-5-6;8*1-2/h2-5H,1H3;2-5H,1H3;4*2-4H,1H3;2*2-3H,1H3;8*1-2H3. The van der Waals surface area contributed by atoms with Crippen LogP contribution in [0.1, 0.15) is 127 Å². The van der Waals surface area contributed by atoms with E-state index in [2.05, 4.69) is 59.8 Å². The molecular formula is C51H96N12OS. The van der Waals surface area contributed by atoms with E-state index in [9.17, 15) is 0 Å². The first-order chi connectivity index (χ1) is 31.7. The van der Waals surface area contributed by atoms with Crippen molar-refractivity contribution < 1.29 is 4.42 Å². The molecule has 0 radical (unpaired) electrons. The first-order valence-electron chi connectivity index (χ1n) is 23.0. The highest BCUT2D eigenvalue weighted by Crippen LogP contribution is 2.03. The van der Waals surface area contributed by atoms with Gasteiger partial charge in [-0.2, -0.15) is 10.2 Å². The van der Waals surface area contributed by atoms with E-state index < -0.39 is 0 Å². The largest absolute Gasteiger partial charge is 0.470 e. The maximum atomic E-state index is 4.83. The molecule has 0 bridgehead atoms. The Bertz CT molecular complexity index is 1390. The second kappa shape index (κ2) is 72.6. The molecule has 372 valence electrons. The van der Waals surface area contributed by atoms with Gasteiger partial charge < -0.3 is 18.1 Å². The Morgan fingerprint density at radius 2 is 1.02 bits per heavy atom. The summed E-state index contributed by atoms with van der Waals surface area (Å²) in [7, 11) is 9.53. The molecule has 0 saturated carbocycles. The predicted molar refractivity (Wildman–Crippen MR) is 286 cm³/mol. The Labute approximate surface area is 403 Å². The Morgan fingerprint density at radius 3 is 1.15 bits per heavy atom. The number of hydrogen-bond donors (Lipinski definition) is 0. The lowest BCUT2D eigenvalue weighted by molar-refractivity contribution is 0.534. The molecule has 0 unspecified atom stereocenters. The Balaban J connectivity index is -0.0000000912. The highest BCUT2D eigenvalue weighted by Gasteiger charge is 1.77. The van der Waals surface area contributed by atoms with Gasteiger partial charge in [-0.1, -0.05) is 123 Å². The summed E-state index contributed by atoms with van der Waals surface area (Å²) in [5.41, 5.74) is 1.07. The third-order valence-electron chi connectivity index (χ3n) is 5.23. The van der Waals surface area contributed by atoms with E-state index in [1.165, 1.54) is 11.2 Å². The fraction of sp³-hybridized carbons (Fsp3) is 0.471. The van der Waals surface area contributed by atoms with Crippen molar-refractivity contribution in [2.75, 3.05) is 0 Å². The third-order valence-corrected chi connectivity index (χ3v) is 6.04. The van der Waals surface area contributed by atoms with Crippen LogP contribution < -0.4 is 0 Å². The molecule has 0 aliphatic carbocycles. The van der Waals surface area contributed by atoms with E-state index in [0.717, 1.165) is 11.5 Å². The minimum atomic E-state index is 0.968. The molecule has 8 rings (SSSR count). The lowest BCUT2D eigenvalue weighted by atomic mass is 10.4. The van der Waals surface area contributed by atoms with Gasteiger partial charge in [0.15, 0.2) is 0 Å². The normalized spacial score (nSPS) is 7.38. The van der Waals surface area contributed by atoms with Crippen LogP contribution in [0.3, 0.4) is 0 Å². The number of aromatic nitrogens is 12. The highest BCUT2D eigenvalue weighted by atomic mass is 32.1. The SMILES string of the molecule is CC.CC.CC.CC.CC.CC.CC.CC.Cc1ccccn1.Cc1ccco1.Cc1cccs1.Cn1cccc1.Cn1cccn1.Cn1ccnc1.Cn1cncn1.Cn1cnnc1. The molecule has 0 saturated heterocycles. The minimum Gasteiger partial charge on any atom is -0.470 e. The van der Waals surface area contributed by atoms with E-state index in [1.807, 2.05) is 242 Å². The summed E-state index contributed by atoms with van der Waals surface area (Å²) in [5.74, 6) is 0.968. The van der Waals surface area contributed by atoms with E-state index in [1.54, 1.807) is 75.4 Å².